The number of aromatic nitrogens is 1. The first kappa shape index (κ1) is 12.8. The van der Waals surface area contributed by atoms with Crippen molar-refractivity contribution in [3.63, 3.8) is 0 Å². The second-order valence-electron chi connectivity index (χ2n) is 3.71. The Morgan fingerprint density at radius 3 is 3.22 bits per heavy atom. The number of anilines is 1. The van der Waals surface area contributed by atoms with Crippen molar-refractivity contribution in [3.8, 4) is 0 Å². The minimum absolute atomic E-state index is 0.0308. The third-order valence-electron chi connectivity index (χ3n) is 2.35. The van der Waals surface area contributed by atoms with Crippen molar-refractivity contribution >= 4 is 12.0 Å². The van der Waals surface area contributed by atoms with Crippen molar-refractivity contribution in [1.82, 2.24) is 4.98 Å². The van der Waals surface area contributed by atoms with Gasteiger partial charge in [-0.1, -0.05) is 0 Å². The first-order valence-electron chi connectivity index (χ1n) is 5.85. The molecule has 0 amide bonds. The molecule has 0 aliphatic carbocycles. The molecule has 1 fully saturated rings. The molecule has 0 saturated carbocycles. The second-order valence-corrected chi connectivity index (χ2v) is 3.71. The first-order valence-corrected chi connectivity index (χ1v) is 5.85. The molecule has 1 N–H and O–H groups in total. The Morgan fingerprint density at radius 1 is 1.61 bits per heavy atom. The Balaban J connectivity index is 1.80. The third-order valence-corrected chi connectivity index (χ3v) is 2.35. The minimum Gasteiger partial charge on any atom is -0.461 e. The second kappa shape index (κ2) is 6.36. The highest BCUT2D eigenvalue weighted by Crippen LogP contribution is 2.09. The molecular formula is C11H16N2O5. The van der Waals surface area contributed by atoms with Crippen LogP contribution in [0.2, 0.25) is 0 Å². The summed E-state index contributed by atoms with van der Waals surface area (Å²) in [5.74, 6) is -0.494. The zero-order valence-electron chi connectivity index (χ0n) is 10.2. The number of ether oxygens (including phenoxy) is 3. The summed E-state index contributed by atoms with van der Waals surface area (Å²) >= 11 is 0. The molecule has 18 heavy (non-hydrogen) atoms. The lowest BCUT2D eigenvalue weighted by Crippen LogP contribution is -2.34. The summed E-state index contributed by atoms with van der Waals surface area (Å²) in [7, 11) is 0. The van der Waals surface area contributed by atoms with Crippen LogP contribution in [0.25, 0.3) is 0 Å². The van der Waals surface area contributed by atoms with E-state index in [0.29, 0.717) is 33.0 Å². The first-order chi connectivity index (χ1) is 8.79. The smallest absolute Gasteiger partial charge is 0.360 e. The number of oxazole rings is 1. The molecule has 100 valence electrons. The molecule has 2 heterocycles. The number of carbonyl (C=O) groups is 1. The molecular weight excluding hydrogens is 240 g/mol. The van der Waals surface area contributed by atoms with E-state index >= 15 is 0 Å². The third kappa shape index (κ3) is 3.44. The van der Waals surface area contributed by atoms with Gasteiger partial charge in [-0.25, -0.2) is 4.79 Å². The van der Waals surface area contributed by atoms with Gasteiger partial charge in [-0.2, -0.15) is 4.98 Å². The molecule has 1 aromatic heterocycles. The Labute approximate surface area is 104 Å². The zero-order valence-corrected chi connectivity index (χ0v) is 10.2. The van der Waals surface area contributed by atoms with E-state index < -0.39 is 5.97 Å². The van der Waals surface area contributed by atoms with Crippen LogP contribution < -0.4 is 5.32 Å². The summed E-state index contributed by atoms with van der Waals surface area (Å²) in [5, 5.41) is 2.94. The summed E-state index contributed by atoms with van der Waals surface area (Å²) in [4.78, 5) is 15.3. The van der Waals surface area contributed by atoms with E-state index in [-0.39, 0.29) is 17.8 Å². The van der Waals surface area contributed by atoms with Crippen LogP contribution >= 0.6 is 0 Å². The average Bonchev–Trinajstić information content (AvgIpc) is 2.87. The topological polar surface area (TPSA) is 82.8 Å². The molecule has 0 radical (unpaired) electrons. The molecule has 1 unspecified atom stereocenters. The number of esters is 1. The summed E-state index contributed by atoms with van der Waals surface area (Å²) < 4.78 is 20.6. The van der Waals surface area contributed by atoms with Gasteiger partial charge in [0, 0.05) is 6.54 Å². The minimum atomic E-state index is -0.494. The van der Waals surface area contributed by atoms with Crippen LogP contribution in [0.4, 0.5) is 6.01 Å². The van der Waals surface area contributed by atoms with Gasteiger partial charge in [-0.15, -0.1) is 0 Å². The molecule has 2 rings (SSSR count). The fourth-order valence-electron chi connectivity index (χ4n) is 1.51. The summed E-state index contributed by atoms with van der Waals surface area (Å²) in [6.45, 7) is 4.31. The Bertz CT molecular complexity index is 387. The maximum absolute atomic E-state index is 11.3. The Hall–Kier alpha value is -1.60. The van der Waals surface area contributed by atoms with E-state index in [9.17, 15) is 4.79 Å². The number of hydrogen-bond acceptors (Lipinski definition) is 7. The van der Waals surface area contributed by atoms with Gasteiger partial charge in [-0.05, 0) is 6.92 Å². The molecule has 0 spiro atoms. The van der Waals surface area contributed by atoms with Gasteiger partial charge in [0.05, 0.1) is 32.5 Å². The lowest BCUT2D eigenvalue weighted by atomic mass is 10.3. The monoisotopic (exact) mass is 256 g/mol. The molecule has 0 bridgehead atoms. The van der Waals surface area contributed by atoms with Crippen molar-refractivity contribution in [2.45, 2.75) is 13.0 Å². The Morgan fingerprint density at radius 2 is 2.50 bits per heavy atom. The predicted molar refractivity (Wildman–Crippen MR) is 61.5 cm³/mol. The van der Waals surface area contributed by atoms with Crippen molar-refractivity contribution in [2.24, 2.45) is 0 Å². The SMILES string of the molecule is CCOC(=O)c1coc(NCC2COCCO2)n1. The lowest BCUT2D eigenvalue weighted by Gasteiger charge is -2.22. The Kier molecular flexibility index (Phi) is 4.54. The van der Waals surface area contributed by atoms with E-state index in [0.717, 1.165) is 0 Å². The van der Waals surface area contributed by atoms with Crippen LogP contribution in [0.3, 0.4) is 0 Å². The highest BCUT2D eigenvalue weighted by molar-refractivity contribution is 5.87. The van der Waals surface area contributed by atoms with Crippen LogP contribution in [0, 0.1) is 0 Å². The zero-order chi connectivity index (χ0) is 12.8. The van der Waals surface area contributed by atoms with Crippen LogP contribution in [0.5, 0.6) is 0 Å². The fourth-order valence-corrected chi connectivity index (χ4v) is 1.51. The fraction of sp³-hybridized carbons (Fsp3) is 0.636. The van der Waals surface area contributed by atoms with E-state index in [1.807, 2.05) is 0 Å². The van der Waals surface area contributed by atoms with E-state index in [2.05, 4.69) is 10.3 Å². The van der Waals surface area contributed by atoms with E-state index in [4.69, 9.17) is 18.6 Å². The number of hydrogen-bond donors (Lipinski definition) is 1. The standard InChI is InChI=1S/C11H16N2O5/c1-2-16-10(14)9-7-18-11(13-9)12-5-8-6-15-3-4-17-8/h7-8H,2-6H2,1H3,(H,12,13). The largest absolute Gasteiger partial charge is 0.461 e. The van der Waals surface area contributed by atoms with Gasteiger partial charge in [0.2, 0.25) is 0 Å². The van der Waals surface area contributed by atoms with Crippen molar-refractivity contribution in [3.05, 3.63) is 12.0 Å². The maximum Gasteiger partial charge on any atom is 0.360 e. The molecule has 7 nitrogen and oxygen atoms in total. The van der Waals surface area contributed by atoms with Gasteiger partial charge in [0.25, 0.3) is 6.01 Å². The summed E-state index contributed by atoms with van der Waals surface area (Å²) in [6.07, 6.45) is 1.23. The van der Waals surface area contributed by atoms with E-state index in [1.165, 1.54) is 6.26 Å². The average molecular weight is 256 g/mol. The van der Waals surface area contributed by atoms with Crippen molar-refractivity contribution < 1.29 is 23.4 Å². The van der Waals surface area contributed by atoms with Crippen molar-refractivity contribution in [1.29, 1.82) is 0 Å². The normalized spacial score (nSPS) is 19.5. The van der Waals surface area contributed by atoms with Gasteiger partial charge in [0.15, 0.2) is 5.69 Å². The molecule has 0 aromatic carbocycles. The molecule has 1 saturated heterocycles. The number of rotatable bonds is 5. The van der Waals surface area contributed by atoms with Gasteiger partial charge >= 0.3 is 5.97 Å². The predicted octanol–water partition coefficient (Wildman–Crippen LogP) is 0.679. The van der Waals surface area contributed by atoms with Crippen LogP contribution in [-0.2, 0) is 14.2 Å². The molecule has 1 aromatic rings. The van der Waals surface area contributed by atoms with Gasteiger partial charge < -0.3 is 23.9 Å². The number of nitrogens with one attached hydrogen (secondary N) is 1. The quantitative estimate of drug-likeness (QED) is 0.775. The maximum atomic E-state index is 11.3. The van der Waals surface area contributed by atoms with Gasteiger partial charge in [-0.3, -0.25) is 0 Å². The van der Waals surface area contributed by atoms with Crippen LogP contribution in [0.1, 0.15) is 17.4 Å². The molecule has 1 atom stereocenters. The highest BCUT2D eigenvalue weighted by Gasteiger charge is 2.16. The summed E-state index contributed by atoms with van der Waals surface area (Å²) in [5.41, 5.74) is 0.153. The van der Waals surface area contributed by atoms with Gasteiger partial charge in [0.1, 0.15) is 6.26 Å². The van der Waals surface area contributed by atoms with E-state index in [1.54, 1.807) is 6.92 Å². The van der Waals surface area contributed by atoms with Crippen LogP contribution in [0.15, 0.2) is 10.7 Å². The van der Waals surface area contributed by atoms with Crippen molar-refractivity contribution in [2.75, 3.05) is 38.3 Å². The molecule has 1 aliphatic rings. The molecule has 1 aliphatic heterocycles. The molecule has 7 heteroatoms. The lowest BCUT2D eigenvalue weighted by molar-refractivity contribution is -0.0820. The number of carbonyl (C=O) groups excluding carboxylic acids is 1. The highest BCUT2D eigenvalue weighted by atomic mass is 16.6. The van der Waals surface area contributed by atoms with Crippen LogP contribution in [-0.4, -0.2) is 50.0 Å². The summed E-state index contributed by atoms with van der Waals surface area (Å²) in [6, 6.07) is 0.271. The number of nitrogens with zero attached hydrogens (tertiary/aromatic N) is 1.